The first-order valence-electron chi connectivity index (χ1n) is 4.65. The number of halogens is 1. The molecule has 0 atom stereocenters. The number of rotatable bonds is 3. The van der Waals surface area contributed by atoms with E-state index in [0.29, 0.717) is 5.56 Å². The van der Waals surface area contributed by atoms with Crippen LogP contribution in [0.15, 0.2) is 24.3 Å². The van der Waals surface area contributed by atoms with Crippen molar-refractivity contribution in [3.05, 3.63) is 35.6 Å². The number of nitrogens with one attached hydrogen (secondary N) is 1. The van der Waals surface area contributed by atoms with Gasteiger partial charge in [-0.25, -0.2) is 4.39 Å². The minimum atomic E-state index is -0.263. The highest BCUT2D eigenvalue weighted by molar-refractivity contribution is 5.31. The molecule has 3 heteroatoms. The largest absolute Gasteiger partial charge is 0.295 e. The van der Waals surface area contributed by atoms with Crippen LogP contribution in [0, 0.1) is 17.1 Å². The van der Waals surface area contributed by atoms with Crippen molar-refractivity contribution in [3.8, 4) is 6.07 Å². The zero-order valence-corrected chi connectivity index (χ0v) is 7.76. The first kappa shape index (κ1) is 9.17. The molecular formula is C11H11FN2. The molecule has 0 unspecified atom stereocenters. The van der Waals surface area contributed by atoms with Crippen LogP contribution in [0.2, 0.25) is 0 Å². The van der Waals surface area contributed by atoms with Crippen LogP contribution in [0.1, 0.15) is 18.4 Å². The van der Waals surface area contributed by atoms with Gasteiger partial charge in [0.1, 0.15) is 5.82 Å². The van der Waals surface area contributed by atoms with E-state index < -0.39 is 0 Å². The van der Waals surface area contributed by atoms with Gasteiger partial charge < -0.3 is 0 Å². The summed E-state index contributed by atoms with van der Waals surface area (Å²) in [6, 6.07) is 8.77. The normalized spacial score (nSPS) is 17.4. The van der Waals surface area contributed by atoms with Crippen LogP contribution in [0.25, 0.3) is 0 Å². The monoisotopic (exact) mass is 190 g/mol. The van der Waals surface area contributed by atoms with E-state index in [1.807, 2.05) is 12.1 Å². The quantitative estimate of drug-likeness (QED) is 0.739. The van der Waals surface area contributed by atoms with Crippen LogP contribution >= 0.6 is 0 Å². The molecule has 1 saturated carbocycles. The van der Waals surface area contributed by atoms with Crippen molar-refractivity contribution in [2.24, 2.45) is 0 Å². The van der Waals surface area contributed by atoms with Crippen molar-refractivity contribution < 1.29 is 4.39 Å². The van der Waals surface area contributed by atoms with Gasteiger partial charge in [-0.1, -0.05) is 18.2 Å². The molecule has 0 radical (unpaired) electrons. The lowest BCUT2D eigenvalue weighted by Crippen LogP contribution is -2.30. The van der Waals surface area contributed by atoms with Crippen LogP contribution in [-0.2, 0) is 5.54 Å². The lowest BCUT2D eigenvalue weighted by Gasteiger charge is -2.16. The van der Waals surface area contributed by atoms with Gasteiger partial charge in [0.2, 0.25) is 0 Å². The Morgan fingerprint density at radius 3 is 2.71 bits per heavy atom. The summed E-state index contributed by atoms with van der Waals surface area (Å²) in [5.74, 6) is -0.185. The molecule has 2 rings (SSSR count). The maximum absolute atomic E-state index is 13.4. The third-order valence-electron chi connectivity index (χ3n) is 2.65. The molecule has 0 bridgehead atoms. The third kappa shape index (κ3) is 1.49. The number of benzene rings is 1. The van der Waals surface area contributed by atoms with Crippen molar-refractivity contribution in [3.63, 3.8) is 0 Å². The number of hydrogen-bond donors (Lipinski definition) is 1. The van der Waals surface area contributed by atoms with Crippen molar-refractivity contribution in [2.75, 3.05) is 6.54 Å². The summed E-state index contributed by atoms with van der Waals surface area (Å²) in [5, 5.41) is 11.5. The standard InChI is InChI=1S/C11H11FN2/c12-10-4-2-1-3-9(10)11(5-6-11)14-8-7-13/h1-4,14H,5-6,8H2. The van der Waals surface area contributed by atoms with E-state index >= 15 is 0 Å². The fourth-order valence-corrected chi connectivity index (χ4v) is 1.72. The van der Waals surface area contributed by atoms with Crippen LogP contribution in [0.4, 0.5) is 4.39 Å². The Labute approximate surface area is 82.4 Å². The molecule has 1 aromatic rings. The fraction of sp³-hybridized carbons (Fsp3) is 0.364. The van der Waals surface area contributed by atoms with E-state index in [1.165, 1.54) is 6.07 Å². The van der Waals surface area contributed by atoms with E-state index in [4.69, 9.17) is 5.26 Å². The number of hydrogen-bond acceptors (Lipinski definition) is 2. The van der Waals surface area contributed by atoms with Crippen LogP contribution in [-0.4, -0.2) is 6.54 Å². The Morgan fingerprint density at radius 2 is 2.14 bits per heavy atom. The highest BCUT2D eigenvalue weighted by Crippen LogP contribution is 2.46. The molecule has 1 aliphatic carbocycles. The zero-order chi connectivity index (χ0) is 10.0. The second kappa shape index (κ2) is 3.39. The van der Waals surface area contributed by atoms with Gasteiger partial charge in [0.05, 0.1) is 12.6 Å². The van der Waals surface area contributed by atoms with Gasteiger partial charge in [-0.2, -0.15) is 5.26 Å². The van der Waals surface area contributed by atoms with Crippen molar-refractivity contribution in [2.45, 2.75) is 18.4 Å². The molecule has 14 heavy (non-hydrogen) atoms. The molecule has 0 saturated heterocycles. The number of nitriles is 1. The van der Waals surface area contributed by atoms with Crippen molar-refractivity contribution >= 4 is 0 Å². The molecule has 2 nitrogen and oxygen atoms in total. The van der Waals surface area contributed by atoms with Gasteiger partial charge in [0.25, 0.3) is 0 Å². The van der Waals surface area contributed by atoms with Crippen molar-refractivity contribution in [1.82, 2.24) is 5.32 Å². The van der Waals surface area contributed by atoms with E-state index in [0.717, 1.165) is 12.8 Å². The summed E-state index contributed by atoms with van der Waals surface area (Å²) in [5.41, 5.74) is 0.427. The Balaban J connectivity index is 2.23. The van der Waals surface area contributed by atoms with Gasteiger partial charge in [-0.15, -0.1) is 0 Å². The maximum atomic E-state index is 13.4. The molecule has 72 valence electrons. The smallest absolute Gasteiger partial charge is 0.128 e. The average Bonchev–Trinajstić information content (AvgIpc) is 2.97. The first-order chi connectivity index (χ1) is 6.78. The summed E-state index contributed by atoms with van der Waals surface area (Å²) in [7, 11) is 0. The lowest BCUT2D eigenvalue weighted by molar-refractivity contribution is 0.511. The van der Waals surface area contributed by atoms with Gasteiger partial charge >= 0.3 is 0 Å². The second-order valence-electron chi connectivity index (χ2n) is 3.57. The SMILES string of the molecule is N#CCNC1(c2ccccc2F)CC1. The number of nitrogens with zero attached hydrogens (tertiary/aromatic N) is 1. The lowest BCUT2D eigenvalue weighted by atomic mass is 10.0. The molecule has 1 aromatic carbocycles. The van der Waals surface area contributed by atoms with Crippen molar-refractivity contribution in [1.29, 1.82) is 5.26 Å². The maximum Gasteiger partial charge on any atom is 0.128 e. The van der Waals surface area contributed by atoms with Crippen LogP contribution < -0.4 is 5.32 Å². The topological polar surface area (TPSA) is 35.8 Å². The summed E-state index contributed by atoms with van der Waals surface area (Å²) in [6.07, 6.45) is 1.82. The second-order valence-corrected chi connectivity index (χ2v) is 3.57. The van der Waals surface area contributed by atoms with E-state index in [2.05, 4.69) is 5.32 Å². The molecular weight excluding hydrogens is 179 g/mol. The van der Waals surface area contributed by atoms with Gasteiger partial charge in [-0.05, 0) is 18.9 Å². The molecule has 1 N–H and O–H groups in total. The summed E-state index contributed by atoms with van der Waals surface area (Å²) in [6.45, 7) is 0.272. The van der Waals surface area contributed by atoms with Crippen LogP contribution in [0.3, 0.4) is 0 Å². The molecule has 0 amide bonds. The van der Waals surface area contributed by atoms with Gasteiger partial charge in [-0.3, -0.25) is 5.32 Å². The Bertz CT molecular complexity index is 377. The first-order valence-corrected chi connectivity index (χ1v) is 4.65. The summed E-state index contributed by atoms with van der Waals surface area (Å²) < 4.78 is 13.4. The molecule has 0 aliphatic heterocycles. The van der Waals surface area contributed by atoms with Gasteiger partial charge in [0, 0.05) is 11.1 Å². The molecule has 0 aromatic heterocycles. The highest BCUT2D eigenvalue weighted by atomic mass is 19.1. The molecule has 0 spiro atoms. The summed E-state index contributed by atoms with van der Waals surface area (Å²) >= 11 is 0. The average molecular weight is 190 g/mol. The van der Waals surface area contributed by atoms with E-state index in [9.17, 15) is 4.39 Å². The molecule has 1 fully saturated rings. The molecule has 1 aliphatic rings. The van der Waals surface area contributed by atoms with E-state index in [1.54, 1.807) is 12.1 Å². The minimum absolute atomic E-state index is 0.185. The zero-order valence-electron chi connectivity index (χ0n) is 7.76. The predicted octanol–water partition coefficient (Wildman–Crippen LogP) is 1.93. The Kier molecular flexibility index (Phi) is 2.22. The minimum Gasteiger partial charge on any atom is -0.295 e. The highest BCUT2D eigenvalue weighted by Gasteiger charge is 2.45. The van der Waals surface area contributed by atoms with Crippen LogP contribution in [0.5, 0.6) is 0 Å². The summed E-state index contributed by atoms with van der Waals surface area (Å²) in [4.78, 5) is 0. The fourth-order valence-electron chi connectivity index (χ4n) is 1.72. The predicted molar refractivity (Wildman–Crippen MR) is 50.9 cm³/mol. The Morgan fingerprint density at radius 1 is 1.43 bits per heavy atom. The Hall–Kier alpha value is -1.40. The third-order valence-corrected chi connectivity index (χ3v) is 2.65. The van der Waals surface area contributed by atoms with E-state index in [-0.39, 0.29) is 17.9 Å². The van der Waals surface area contributed by atoms with Gasteiger partial charge in [0.15, 0.2) is 0 Å². The molecule has 0 heterocycles.